The number of hydrogen-bond acceptors (Lipinski definition) is 3. The van der Waals surface area contributed by atoms with Crippen LogP contribution >= 0.6 is 0 Å². The van der Waals surface area contributed by atoms with E-state index in [4.69, 9.17) is 4.74 Å². The highest BCUT2D eigenvalue weighted by Crippen LogP contribution is 2.29. The van der Waals surface area contributed by atoms with Gasteiger partial charge in [0.05, 0.1) is 18.8 Å². The smallest absolute Gasteiger partial charge is 0.222 e. The highest BCUT2D eigenvalue weighted by atomic mass is 16.5. The third kappa shape index (κ3) is 3.34. The van der Waals surface area contributed by atoms with Crippen LogP contribution in [0, 0.1) is 5.92 Å². The molecule has 2 heterocycles. The van der Waals surface area contributed by atoms with Gasteiger partial charge < -0.3 is 15.0 Å². The Hall–Kier alpha value is -0.610. The molecule has 0 bridgehead atoms. The third-order valence-electron chi connectivity index (χ3n) is 5.22. The van der Waals surface area contributed by atoms with Gasteiger partial charge in [-0.1, -0.05) is 12.8 Å². The summed E-state index contributed by atoms with van der Waals surface area (Å²) in [6, 6.07) is 0.370. The number of morpholine rings is 1. The van der Waals surface area contributed by atoms with Crippen molar-refractivity contribution in [1.29, 1.82) is 0 Å². The SMILES string of the molecule is O=C(CCC1CCCNC1)N1CCOC2CCCCC21. The van der Waals surface area contributed by atoms with E-state index in [1.165, 1.54) is 25.7 Å². The summed E-state index contributed by atoms with van der Waals surface area (Å²) in [7, 11) is 0. The number of ether oxygens (including phenoxy) is 1. The number of carbonyl (C=O) groups excluding carboxylic acids is 1. The van der Waals surface area contributed by atoms with E-state index in [2.05, 4.69) is 10.2 Å². The van der Waals surface area contributed by atoms with Crippen molar-refractivity contribution in [2.45, 2.75) is 63.5 Å². The predicted octanol–water partition coefficient (Wildman–Crippen LogP) is 1.94. The second-order valence-corrected chi connectivity index (χ2v) is 6.60. The number of nitrogens with one attached hydrogen (secondary N) is 1. The molecule has 3 unspecified atom stereocenters. The first-order valence-electron chi connectivity index (χ1n) is 8.46. The summed E-state index contributed by atoms with van der Waals surface area (Å²) in [5, 5.41) is 3.44. The van der Waals surface area contributed by atoms with Crippen LogP contribution in [0.3, 0.4) is 0 Å². The number of carbonyl (C=O) groups is 1. The maximum atomic E-state index is 12.5. The largest absolute Gasteiger partial charge is 0.374 e. The number of rotatable bonds is 3. The van der Waals surface area contributed by atoms with Crippen molar-refractivity contribution in [2.24, 2.45) is 5.92 Å². The number of hydrogen-bond donors (Lipinski definition) is 1. The Labute approximate surface area is 122 Å². The molecule has 3 atom stereocenters. The van der Waals surface area contributed by atoms with Crippen LogP contribution in [-0.2, 0) is 9.53 Å². The monoisotopic (exact) mass is 280 g/mol. The van der Waals surface area contributed by atoms with Crippen molar-refractivity contribution < 1.29 is 9.53 Å². The molecule has 0 aromatic rings. The first kappa shape index (κ1) is 14.3. The van der Waals surface area contributed by atoms with Crippen LogP contribution in [0.2, 0.25) is 0 Å². The van der Waals surface area contributed by atoms with Crippen LogP contribution in [0.1, 0.15) is 51.4 Å². The zero-order valence-electron chi connectivity index (χ0n) is 12.5. The number of nitrogens with zero attached hydrogens (tertiary/aromatic N) is 1. The van der Waals surface area contributed by atoms with E-state index in [1.54, 1.807) is 0 Å². The predicted molar refractivity (Wildman–Crippen MR) is 78.5 cm³/mol. The van der Waals surface area contributed by atoms with Crippen LogP contribution in [-0.4, -0.2) is 49.2 Å². The molecular formula is C16H28N2O2. The number of amides is 1. The van der Waals surface area contributed by atoms with Crippen molar-refractivity contribution in [2.75, 3.05) is 26.2 Å². The lowest BCUT2D eigenvalue weighted by molar-refractivity contribution is -0.149. The normalized spacial score (nSPS) is 34.6. The lowest BCUT2D eigenvalue weighted by atomic mass is 9.89. The maximum absolute atomic E-state index is 12.5. The molecule has 0 radical (unpaired) electrons. The zero-order valence-corrected chi connectivity index (χ0v) is 12.5. The zero-order chi connectivity index (χ0) is 13.8. The highest BCUT2D eigenvalue weighted by molar-refractivity contribution is 5.76. The molecule has 0 aromatic carbocycles. The van der Waals surface area contributed by atoms with Crippen LogP contribution < -0.4 is 5.32 Å². The summed E-state index contributed by atoms with van der Waals surface area (Å²) in [4.78, 5) is 14.7. The van der Waals surface area contributed by atoms with Crippen molar-refractivity contribution in [3.8, 4) is 0 Å². The molecule has 2 aliphatic heterocycles. The van der Waals surface area contributed by atoms with Gasteiger partial charge in [-0.25, -0.2) is 0 Å². The minimum Gasteiger partial charge on any atom is -0.374 e. The molecule has 4 heteroatoms. The topological polar surface area (TPSA) is 41.6 Å². The molecule has 1 saturated carbocycles. The summed E-state index contributed by atoms with van der Waals surface area (Å²) in [6.07, 6.45) is 9.45. The van der Waals surface area contributed by atoms with Crippen LogP contribution in [0.15, 0.2) is 0 Å². The average molecular weight is 280 g/mol. The van der Waals surface area contributed by atoms with Gasteiger partial charge in [0, 0.05) is 13.0 Å². The molecule has 0 spiro atoms. The molecule has 3 aliphatic rings. The first-order chi connectivity index (χ1) is 9.84. The molecule has 4 nitrogen and oxygen atoms in total. The van der Waals surface area contributed by atoms with Gasteiger partial charge in [0.1, 0.15) is 0 Å². The lowest BCUT2D eigenvalue weighted by Gasteiger charge is -2.44. The Kier molecular flexibility index (Phi) is 4.94. The molecule has 2 saturated heterocycles. The van der Waals surface area contributed by atoms with Gasteiger partial charge in [-0.15, -0.1) is 0 Å². The van der Waals surface area contributed by atoms with Gasteiger partial charge in [-0.3, -0.25) is 4.79 Å². The van der Waals surface area contributed by atoms with Crippen LogP contribution in [0.4, 0.5) is 0 Å². The molecule has 1 aliphatic carbocycles. The molecule has 1 amide bonds. The van der Waals surface area contributed by atoms with E-state index in [1.807, 2.05) is 0 Å². The molecule has 114 valence electrons. The Morgan fingerprint density at radius 2 is 2.10 bits per heavy atom. The van der Waals surface area contributed by atoms with Gasteiger partial charge in [0.25, 0.3) is 0 Å². The minimum atomic E-state index is 0.317. The van der Waals surface area contributed by atoms with Crippen LogP contribution in [0.5, 0.6) is 0 Å². The quantitative estimate of drug-likeness (QED) is 0.859. The minimum absolute atomic E-state index is 0.317. The highest BCUT2D eigenvalue weighted by Gasteiger charge is 2.36. The Morgan fingerprint density at radius 1 is 1.20 bits per heavy atom. The van der Waals surface area contributed by atoms with E-state index in [9.17, 15) is 4.79 Å². The summed E-state index contributed by atoms with van der Waals surface area (Å²) < 4.78 is 5.85. The molecule has 20 heavy (non-hydrogen) atoms. The van der Waals surface area contributed by atoms with E-state index in [0.717, 1.165) is 51.9 Å². The average Bonchev–Trinajstić information content (AvgIpc) is 2.53. The Bertz CT molecular complexity index is 326. The first-order valence-corrected chi connectivity index (χ1v) is 8.46. The van der Waals surface area contributed by atoms with E-state index in [-0.39, 0.29) is 0 Å². The van der Waals surface area contributed by atoms with Crippen LogP contribution in [0.25, 0.3) is 0 Å². The molecule has 0 aromatic heterocycles. The fraction of sp³-hybridized carbons (Fsp3) is 0.938. The Balaban J connectivity index is 1.50. The molecular weight excluding hydrogens is 252 g/mol. The maximum Gasteiger partial charge on any atom is 0.222 e. The molecule has 3 rings (SSSR count). The van der Waals surface area contributed by atoms with Crippen molar-refractivity contribution in [3.05, 3.63) is 0 Å². The van der Waals surface area contributed by atoms with Crippen molar-refractivity contribution >= 4 is 5.91 Å². The fourth-order valence-corrected chi connectivity index (χ4v) is 4.05. The lowest BCUT2D eigenvalue weighted by Crippen LogP contribution is -2.54. The van der Waals surface area contributed by atoms with E-state index < -0.39 is 0 Å². The van der Waals surface area contributed by atoms with Gasteiger partial charge in [-0.05, 0) is 51.1 Å². The number of fused-ring (bicyclic) bond motifs is 1. The third-order valence-corrected chi connectivity index (χ3v) is 5.22. The van der Waals surface area contributed by atoms with Gasteiger partial charge >= 0.3 is 0 Å². The standard InChI is InChI=1S/C16H28N2O2/c19-16(8-7-13-4-3-9-17-12-13)18-10-11-20-15-6-2-1-5-14(15)18/h13-15,17H,1-12H2. The molecule has 1 N–H and O–H groups in total. The van der Waals surface area contributed by atoms with Gasteiger partial charge in [0.2, 0.25) is 5.91 Å². The second-order valence-electron chi connectivity index (χ2n) is 6.60. The summed E-state index contributed by atoms with van der Waals surface area (Å²) in [6.45, 7) is 3.79. The summed E-state index contributed by atoms with van der Waals surface area (Å²) in [5.74, 6) is 1.08. The van der Waals surface area contributed by atoms with Crippen molar-refractivity contribution in [3.63, 3.8) is 0 Å². The van der Waals surface area contributed by atoms with Gasteiger partial charge in [0.15, 0.2) is 0 Å². The van der Waals surface area contributed by atoms with E-state index in [0.29, 0.717) is 24.0 Å². The molecule has 3 fully saturated rings. The summed E-state index contributed by atoms with van der Waals surface area (Å²) >= 11 is 0. The Morgan fingerprint density at radius 3 is 2.95 bits per heavy atom. The summed E-state index contributed by atoms with van der Waals surface area (Å²) in [5.41, 5.74) is 0. The second kappa shape index (κ2) is 6.90. The van der Waals surface area contributed by atoms with Crippen molar-refractivity contribution in [1.82, 2.24) is 10.2 Å². The van der Waals surface area contributed by atoms with E-state index >= 15 is 0 Å². The van der Waals surface area contributed by atoms with Gasteiger partial charge in [-0.2, -0.15) is 0 Å². The number of piperidine rings is 1. The fourth-order valence-electron chi connectivity index (χ4n) is 4.05.